The molecular formula is C25H31NO5. The highest BCUT2D eigenvalue weighted by molar-refractivity contribution is 5.89. The molecule has 3 rings (SSSR count). The van der Waals surface area contributed by atoms with E-state index in [1.165, 1.54) is 0 Å². The van der Waals surface area contributed by atoms with E-state index in [1.807, 2.05) is 57.2 Å². The van der Waals surface area contributed by atoms with E-state index < -0.39 is 17.7 Å². The van der Waals surface area contributed by atoms with Gasteiger partial charge in [0.2, 0.25) is 0 Å². The van der Waals surface area contributed by atoms with Gasteiger partial charge in [0.1, 0.15) is 12.2 Å². The third-order valence-electron chi connectivity index (χ3n) is 5.06. The van der Waals surface area contributed by atoms with Crippen molar-refractivity contribution in [1.29, 1.82) is 0 Å². The van der Waals surface area contributed by atoms with Crippen LogP contribution < -0.4 is 0 Å². The zero-order valence-corrected chi connectivity index (χ0v) is 18.5. The lowest BCUT2D eigenvalue weighted by Crippen LogP contribution is -2.47. The van der Waals surface area contributed by atoms with Crippen molar-refractivity contribution >= 4 is 12.1 Å². The van der Waals surface area contributed by atoms with Gasteiger partial charge in [-0.25, -0.2) is 9.59 Å². The second-order valence-corrected chi connectivity index (χ2v) is 8.74. The van der Waals surface area contributed by atoms with Crippen LogP contribution in [0.1, 0.15) is 49.5 Å². The zero-order chi connectivity index (χ0) is 22.3. The Morgan fingerprint density at radius 1 is 0.903 bits per heavy atom. The van der Waals surface area contributed by atoms with Crippen LogP contribution in [0.15, 0.2) is 60.7 Å². The van der Waals surface area contributed by atoms with Crippen LogP contribution in [0.4, 0.5) is 4.79 Å². The summed E-state index contributed by atoms with van der Waals surface area (Å²) in [6.07, 6.45) is 1.08. The maximum absolute atomic E-state index is 12.9. The van der Waals surface area contributed by atoms with E-state index in [-0.39, 0.29) is 18.7 Å². The predicted octanol–water partition coefficient (Wildman–Crippen LogP) is 4.83. The summed E-state index contributed by atoms with van der Waals surface area (Å²) < 4.78 is 17.0. The first-order valence-corrected chi connectivity index (χ1v) is 10.7. The fraction of sp³-hybridized carbons (Fsp3) is 0.440. The van der Waals surface area contributed by atoms with Gasteiger partial charge in [0.25, 0.3) is 0 Å². The third-order valence-corrected chi connectivity index (χ3v) is 5.06. The molecule has 0 bridgehead atoms. The molecule has 0 saturated carbocycles. The maximum atomic E-state index is 12.9. The van der Waals surface area contributed by atoms with E-state index >= 15 is 0 Å². The molecule has 2 atom stereocenters. The van der Waals surface area contributed by atoms with Gasteiger partial charge in [-0.15, -0.1) is 0 Å². The fourth-order valence-electron chi connectivity index (χ4n) is 3.62. The van der Waals surface area contributed by atoms with Crippen molar-refractivity contribution in [2.24, 2.45) is 0 Å². The maximum Gasteiger partial charge on any atom is 0.410 e. The van der Waals surface area contributed by atoms with E-state index in [1.54, 1.807) is 29.2 Å². The molecule has 1 saturated heterocycles. The molecule has 0 N–H and O–H groups in total. The largest absolute Gasteiger partial charge is 0.460 e. The molecule has 1 aliphatic heterocycles. The minimum atomic E-state index is -0.611. The Morgan fingerprint density at radius 3 is 2.10 bits per heavy atom. The standard InChI is InChI=1S/C25H31NO5/c1-25(2,3)31-24(28)26-21(17-29-16-19-10-6-4-7-11-19)14-15-22(26)18-30-23(27)20-12-8-5-9-13-20/h4-13,21-22H,14-18H2,1-3H3/t21-,22?/m0/s1. The SMILES string of the molecule is CC(C)(C)OC(=O)N1C(COC(=O)c2ccccc2)CC[C@H]1COCc1ccccc1. The number of ether oxygens (including phenoxy) is 3. The lowest BCUT2D eigenvalue weighted by Gasteiger charge is -2.32. The average Bonchev–Trinajstić information content (AvgIpc) is 3.15. The van der Waals surface area contributed by atoms with Crippen molar-refractivity contribution < 1.29 is 23.8 Å². The van der Waals surface area contributed by atoms with Gasteiger partial charge in [-0.2, -0.15) is 0 Å². The number of likely N-dealkylation sites (tertiary alicyclic amines) is 1. The van der Waals surface area contributed by atoms with Gasteiger partial charge < -0.3 is 14.2 Å². The summed E-state index contributed by atoms with van der Waals surface area (Å²) in [6, 6.07) is 18.4. The molecule has 1 amide bonds. The Morgan fingerprint density at radius 2 is 1.48 bits per heavy atom. The van der Waals surface area contributed by atoms with Crippen molar-refractivity contribution in [3.8, 4) is 0 Å². The van der Waals surface area contributed by atoms with Gasteiger partial charge in [0.05, 0.1) is 30.9 Å². The van der Waals surface area contributed by atoms with Crippen LogP contribution in [0.25, 0.3) is 0 Å². The number of hydrogen-bond donors (Lipinski definition) is 0. The van der Waals surface area contributed by atoms with Crippen LogP contribution in [0.2, 0.25) is 0 Å². The summed E-state index contributed by atoms with van der Waals surface area (Å²) in [5.41, 5.74) is 0.963. The Labute approximate surface area is 184 Å². The molecule has 31 heavy (non-hydrogen) atoms. The van der Waals surface area contributed by atoms with E-state index in [2.05, 4.69) is 0 Å². The topological polar surface area (TPSA) is 65.1 Å². The first-order chi connectivity index (χ1) is 14.8. The summed E-state index contributed by atoms with van der Waals surface area (Å²) in [5.74, 6) is -0.395. The minimum absolute atomic E-state index is 0.126. The first-order valence-electron chi connectivity index (χ1n) is 10.7. The molecule has 6 nitrogen and oxygen atoms in total. The number of hydrogen-bond acceptors (Lipinski definition) is 5. The molecule has 0 spiro atoms. The number of amides is 1. The Bertz CT molecular complexity index is 847. The van der Waals surface area contributed by atoms with Crippen molar-refractivity contribution in [2.75, 3.05) is 13.2 Å². The van der Waals surface area contributed by atoms with Crippen molar-refractivity contribution in [1.82, 2.24) is 4.90 Å². The second kappa shape index (κ2) is 10.4. The number of esters is 1. The molecule has 1 aliphatic rings. The number of carbonyl (C=O) groups excluding carboxylic acids is 2. The van der Waals surface area contributed by atoms with Crippen LogP contribution in [0.3, 0.4) is 0 Å². The van der Waals surface area contributed by atoms with Gasteiger partial charge in [-0.3, -0.25) is 4.90 Å². The van der Waals surface area contributed by atoms with E-state index in [0.717, 1.165) is 18.4 Å². The molecule has 2 aromatic carbocycles. The zero-order valence-electron chi connectivity index (χ0n) is 18.5. The summed E-state index contributed by atoms with van der Waals surface area (Å²) in [5, 5.41) is 0. The molecule has 0 radical (unpaired) electrons. The van der Waals surface area contributed by atoms with Crippen molar-refractivity contribution in [3.05, 3.63) is 71.8 Å². The molecule has 0 aliphatic carbocycles. The van der Waals surface area contributed by atoms with Crippen LogP contribution in [0.5, 0.6) is 0 Å². The van der Waals surface area contributed by atoms with Crippen LogP contribution in [-0.2, 0) is 20.8 Å². The average molecular weight is 426 g/mol. The number of carbonyl (C=O) groups is 2. The number of benzene rings is 2. The molecule has 1 unspecified atom stereocenters. The monoisotopic (exact) mass is 425 g/mol. The summed E-state index contributed by atoms with van der Waals surface area (Å²) in [7, 11) is 0. The normalized spacial score (nSPS) is 18.6. The molecule has 1 fully saturated rings. The summed E-state index contributed by atoms with van der Waals surface area (Å²) in [4.78, 5) is 27.0. The highest BCUT2D eigenvalue weighted by atomic mass is 16.6. The van der Waals surface area contributed by atoms with Crippen molar-refractivity contribution in [3.63, 3.8) is 0 Å². The lowest BCUT2D eigenvalue weighted by molar-refractivity contribution is -0.00982. The predicted molar refractivity (Wildman–Crippen MR) is 118 cm³/mol. The summed E-state index contributed by atoms with van der Waals surface area (Å²) >= 11 is 0. The molecule has 6 heteroatoms. The van der Waals surface area contributed by atoms with Crippen molar-refractivity contribution in [2.45, 2.75) is 57.9 Å². The quantitative estimate of drug-likeness (QED) is 0.595. The van der Waals surface area contributed by atoms with Gasteiger partial charge in [-0.05, 0) is 51.3 Å². The molecule has 2 aromatic rings. The van der Waals surface area contributed by atoms with E-state index in [4.69, 9.17) is 14.2 Å². The Hall–Kier alpha value is -2.86. The smallest absolute Gasteiger partial charge is 0.410 e. The van der Waals surface area contributed by atoms with Gasteiger partial charge in [0.15, 0.2) is 0 Å². The first kappa shape index (κ1) is 22.8. The van der Waals surface area contributed by atoms with Gasteiger partial charge in [0, 0.05) is 0 Å². The fourth-order valence-corrected chi connectivity index (χ4v) is 3.62. The van der Waals surface area contributed by atoms with Crippen LogP contribution in [0, 0.1) is 0 Å². The highest BCUT2D eigenvalue weighted by Gasteiger charge is 2.40. The van der Waals surface area contributed by atoms with E-state index in [9.17, 15) is 9.59 Å². The lowest BCUT2D eigenvalue weighted by atomic mass is 10.2. The molecule has 1 heterocycles. The molecule has 0 aromatic heterocycles. The second-order valence-electron chi connectivity index (χ2n) is 8.74. The Kier molecular flexibility index (Phi) is 7.69. The third kappa shape index (κ3) is 6.82. The van der Waals surface area contributed by atoms with E-state index in [0.29, 0.717) is 18.8 Å². The highest BCUT2D eigenvalue weighted by Crippen LogP contribution is 2.27. The summed E-state index contributed by atoms with van der Waals surface area (Å²) in [6.45, 7) is 6.53. The molecule has 166 valence electrons. The van der Waals surface area contributed by atoms with Crippen LogP contribution in [-0.4, -0.2) is 47.9 Å². The van der Waals surface area contributed by atoms with Crippen LogP contribution >= 0.6 is 0 Å². The Balaban J connectivity index is 1.61. The molecular weight excluding hydrogens is 394 g/mol. The van der Waals surface area contributed by atoms with Gasteiger partial charge in [-0.1, -0.05) is 48.5 Å². The van der Waals surface area contributed by atoms with Gasteiger partial charge >= 0.3 is 12.1 Å². The number of nitrogens with zero attached hydrogens (tertiary/aromatic N) is 1. The minimum Gasteiger partial charge on any atom is -0.460 e. The number of rotatable bonds is 7.